The summed E-state index contributed by atoms with van der Waals surface area (Å²) < 4.78 is 0. The molecule has 2 nitrogen and oxygen atoms in total. The number of benzene rings is 6. The summed E-state index contributed by atoms with van der Waals surface area (Å²) in [5.41, 5.74) is 12.8. The normalized spacial score (nSPS) is 22.3. The van der Waals surface area contributed by atoms with Crippen molar-refractivity contribution >= 4 is 32.9 Å². The van der Waals surface area contributed by atoms with Gasteiger partial charge in [-0.2, -0.15) is 5.26 Å². The molecular weight excluding hydrogens is 556 g/mol. The van der Waals surface area contributed by atoms with Gasteiger partial charge in [0.1, 0.15) is 0 Å². The van der Waals surface area contributed by atoms with Crippen LogP contribution in [0.5, 0.6) is 0 Å². The van der Waals surface area contributed by atoms with Crippen molar-refractivity contribution in [2.45, 2.75) is 69.7 Å². The molecule has 1 fully saturated rings. The first kappa shape index (κ1) is 27.4. The zero-order chi connectivity index (χ0) is 31.4. The third kappa shape index (κ3) is 3.47. The van der Waals surface area contributed by atoms with E-state index in [0.29, 0.717) is 5.56 Å². The molecule has 0 saturated heterocycles. The molecule has 46 heavy (non-hydrogen) atoms. The molecule has 0 radical (unpaired) electrons. The van der Waals surface area contributed by atoms with Crippen LogP contribution in [0.2, 0.25) is 0 Å². The van der Waals surface area contributed by atoms with E-state index in [1.54, 1.807) is 0 Å². The fraction of sp³-hybridized carbons (Fsp3) is 0.250. The maximum atomic E-state index is 9.43. The lowest BCUT2D eigenvalue weighted by Gasteiger charge is -2.50. The topological polar surface area (TPSA) is 27.0 Å². The molecule has 6 aromatic rings. The highest BCUT2D eigenvalue weighted by Gasteiger charge is 2.57. The second-order valence-electron chi connectivity index (χ2n) is 14.8. The molecule has 2 aliphatic carbocycles. The van der Waals surface area contributed by atoms with Crippen molar-refractivity contribution in [3.63, 3.8) is 0 Å². The van der Waals surface area contributed by atoms with Crippen LogP contribution >= 0.6 is 0 Å². The Balaban J connectivity index is 1.19. The average Bonchev–Trinajstić information content (AvgIpc) is 3.44. The van der Waals surface area contributed by atoms with Gasteiger partial charge in [-0.25, -0.2) is 0 Å². The maximum Gasteiger partial charge on any atom is 0.0991 e. The van der Waals surface area contributed by atoms with Crippen molar-refractivity contribution in [3.05, 3.63) is 131 Å². The molecule has 2 unspecified atom stereocenters. The summed E-state index contributed by atoms with van der Waals surface area (Å²) in [5, 5.41) is 14.7. The van der Waals surface area contributed by atoms with Gasteiger partial charge in [0.25, 0.3) is 0 Å². The summed E-state index contributed by atoms with van der Waals surface area (Å²) in [4.78, 5) is 2.59. The second-order valence-corrected chi connectivity index (χ2v) is 14.8. The first-order valence-corrected chi connectivity index (χ1v) is 16.8. The molecule has 2 atom stereocenters. The first-order valence-electron chi connectivity index (χ1n) is 16.8. The zero-order valence-electron chi connectivity index (χ0n) is 27.1. The third-order valence-corrected chi connectivity index (χ3v) is 12.3. The Labute approximate surface area is 271 Å². The highest BCUT2D eigenvalue weighted by Crippen LogP contribution is 2.61. The van der Waals surface area contributed by atoms with Gasteiger partial charge in [0.15, 0.2) is 0 Å². The Morgan fingerprint density at radius 2 is 1.35 bits per heavy atom. The molecule has 224 valence electrons. The van der Waals surface area contributed by atoms with Gasteiger partial charge in [-0.05, 0) is 123 Å². The molecule has 0 bridgehead atoms. The van der Waals surface area contributed by atoms with E-state index in [-0.39, 0.29) is 16.4 Å². The van der Waals surface area contributed by atoms with Crippen molar-refractivity contribution in [1.29, 1.82) is 5.26 Å². The number of hydrogen-bond donors (Lipinski definition) is 0. The van der Waals surface area contributed by atoms with Gasteiger partial charge in [0, 0.05) is 22.2 Å². The quantitative estimate of drug-likeness (QED) is 0.186. The van der Waals surface area contributed by atoms with Crippen LogP contribution in [0.4, 0.5) is 11.4 Å². The smallest absolute Gasteiger partial charge is 0.0991 e. The third-order valence-electron chi connectivity index (χ3n) is 12.3. The predicted molar refractivity (Wildman–Crippen MR) is 192 cm³/mol. The molecule has 2 heteroatoms. The van der Waals surface area contributed by atoms with Crippen LogP contribution in [0, 0.1) is 11.3 Å². The van der Waals surface area contributed by atoms with Crippen LogP contribution in [-0.4, -0.2) is 5.54 Å². The Bertz CT molecular complexity index is 2290. The lowest BCUT2D eigenvalue weighted by atomic mass is 9.61. The van der Waals surface area contributed by atoms with Gasteiger partial charge in [-0.15, -0.1) is 0 Å². The Kier molecular flexibility index (Phi) is 5.57. The van der Waals surface area contributed by atoms with E-state index >= 15 is 0 Å². The van der Waals surface area contributed by atoms with Crippen LogP contribution in [0.15, 0.2) is 109 Å². The fourth-order valence-corrected chi connectivity index (χ4v) is 9.51. The highest BCUT2D eigenvalue weighted by molar-refractivity contribution is 6.14. The lowest BCUT2D eigenvalue weighted by Crippen LogP contribution is -2.54. The standard InChI is InChI=1S/C44H38N2/c1-42(2)37-21-20-34-33-10-6-5-9-29(33)13-18-35(34)41(37)36-19-14-30(25-38(36)42)31-15-22-40-39(26-31)43(3)23-7-8-24-44(43,4)46(40)32-16-11-28(27-45)12-17-32/h5-6,9-22,25-26H,7-8,23-24H2,1-4H3. The van der Waals surface area contributed by atoms with Crippen LogP contribution in [0.25, 0.3) is 43.8 Å². The monoisotopic (exact) mass is 594 g/mol. The molecule has 9 rings (SSSR count). The van der Waals surface area contributed by atoms with Crippen molar-refractivity contribution in [3.8, 4) is 28.3 Å². The summed E-state index contributed by atoms with van der Waals surface area (Å²) >= 11 is 0. The number of hydrogen-bond acceptors (Lipinski definition) is 2. The molecule has 0 N–H and O–H groups in total. The van der Waals surface area contributed by atoms with E-state index in [0.717, 1.165) is 6.42 Å². The van der Waals surface area contributed by atoms with Gasteiger partial charge in [0.05, 0.1) is 17.2 Å². The van der Waals surface area contributed by atoms with Crippen molar-refractivity contribution < 1.29 is 0 Å². The average molecular weight is 595 g/mol. The van der Waals surface area contributed by atoms with Gasteiger partial charge in [-0.3, -0.25) is 0 Å². The summed E-state index contributed by atoms with van der Waals surface area (Å²) in [6.45, 7) is 9.74. The van der Waals surface area contributed by atoms with Crippen LogP contribution < -0.4 is 4.90 Å². The summed E-state index contributed by atoms with van der Waals surface area (Å²) in [6.07, 6.45) is 4.83. The second kappa shape index (κ2) is 9.34. The molecule has 1 aliphatic heterocycles. The lowest BCUT2D eigenvalue weighted by molar-refractivity contribution is 0.195. The molecule has 1 saturated carbocycles. The van der Waals surface area contributed by atoms with E-state index in [1.165, 1.54) is 91.1 Å². The van der Waals surface area contributed by atoms with Gasteiger partial charge < -0.3 is 4.90 Å². The summed E-state index contributed by atoms with van der Waals surface area (Å²) in [7, 11) is 0. The molecule has 3 aliphatic rings. The van der Waals surface area contributed by atoms with E-state index in [2.05, 4.69) is 136 Å². The minimum absolute atomic E-state index is 0.0207. The van der Waals surface area contributed by atoms with Crippen LogP contribution in [-0.2, 0) is 10.8 Å². The predicted octanol–water partition coefficient (Wildman–Crippen LogP) is 11.6. The minimum Gasteiger partial charge on any atom is -0.334 e. The molecule has 6 aromatic carbocycles. The molecule has 0 spiro atoms. The summed E-state index contributed by atoms with van der Waals surface area (Å²) in [6, 6.07) is 42.9. The van der Waals surface area contributed by atoms with Crippen molar-refractivity contribution in [2.75, 3.05) is 4.90 Å². The van der Waals surface area contributed by atoms with E-state index in [4.69, 9.17) is 0 Å². The number of anilines is 2. The van der Waals surface area contributed by atoms with Gasteiger partial charge >= 0.3 is 0 Å². The van der Waals surface area contributed by atoms with E-state index in [9.17, 15) is 5.26 Å². The van der Waals surface area contributed by atoms with Crippen molar-refractivity contribution in [2.24, 2.45) is 0 Å². The van der Waals surface area contributed by atoms with Gasteiger partial charge in [-0.1, -0.05) is 100 Å². The van der Waals surface area contributed by atoms with Gasteiger partial charge in [0.2, 0.25) is 0 Å². The highest BCUT2D eigenvalue weighted by atomic mass is 15.3. The van der Waals surface area contributed by atoms with Crippen molar-refractivity contribution in [1.82, 2.24) is 0 Å². The maximum absolute atomic E-state index is 9.43. The van der Waals surface area contributed by atoms with E-state index < -0.39 is 0 Å². The Morgan fingerprint density at radius 1 is 0.630 bits per heavy atom. The molecular formula is C44H38N2. The zero-order valence-corrected chi connectivity index (χ0v) is 27.1. The van der Waals surface area contributed by atoms with Crippen LogP contribution in [0.1, 0.15) is 75.6 Å². The SMILES string of the molecule is CC1(C)c2cc(-c3ccc4c(c3)C3(C)CCCCC3(C)N4c3ccc(C#N)cc3)ccc2-c2c1ccc1c2ccc2ccccc21. The first-order chi connectivity index (χ1) is 22.2. The number of fused-ring (bicyclic) bond motifs is 10. The number of rotatable bonds is 2. The van der Waals surface area contributed by atoms with E-state index in [1.807, 2.05) is 12.1 Å². The minimum atomic E-state index is -0.0858. The number of nitriles is 1. The number of nitrogens with zero attached hydrogens (tertiary/aromatic N) is 2. The Morgan fingerprint density at radius 3 is 2.15 bits per heavy atom. The largest absolute Gasteiger partial charge is 0.334 e. The molecule has 1 heterocycles. The summed E-state index contributed by atoms with van der Waals surface area (Å²) in [5.74, 6) is 0. The molecule has 0 amide bonds. The fourth-order valence-electron chi connectivity index (χ4n) is 9.51. The Hall–Kier alpha value is -4.87. The molecule has 0 aromatic heterocycles. The van der Waals surface area contributed by atoms with Crippen LogP contribution in [0.3, 0.4) is 0 Å².